The molecule has 0 bridgehead atoms. The molecular weight excluding hydrogens is 382 g/mol. The monoisotopic (exact) mass is 401 g/mol. The first kappa shape index (κ1) is 19.5. The second-order valence-electron chi connectivity index (χ2n) is 6.17. The maximum atomic E-state index is 12.0. The summed E-state index contributed by atoms with van der Waals surface area (Å²) in [5, 5.41) is 12.0. The van der Waals surface area contributed by atoms with Gasteiger partial charge in [-0.05, 0) is 29.2 Å². The Morgan fingerprint density at radius 3 is 2.63 bits per heavy atom. The highest BCUT2D eigenvalue weighted by molar-refractivity contribution is 7.99. The molecule has 0 aliphatic heterocycles. The minimum Gasteiger partial charge on any atom is -0.416 e. The van der Waals surface area contributed by atoms with Gasteiger partial charge < -0.3 is 9.73 Å². The highest BCUT2D eigenvalue weighted by atomic mass is 35.5. The summed E-state index contributed by atoms with van der Waals surface area (Å²) in [4.78, 5) is 12.0. The highest BCUT2D eigenvalue weighted by Crippen LogP contribution is 2.22. The van der Waals surface area contributed by atoms with E-state index in [1.54, 1.807) is 12.1 Å². The first-order valence-corrected chi connectivity index (χ1v) is 9.98. The van der Waals surface area contributed by atoms with E-state index in [1.807, 2.05) is 30.3 Å². The van der Waals surface area contributed by atoms with Crippen LogP contribution in [0.4, 0.5) is 0 Å². The van der Waals surface area contributed by atoms with E-state index in [0.29, 0.717) is 29.1 Å². The molecule has 2 aromatic carbocycles. The van der Waals surface area contributed by atoms with E-state index in [0.717, 1.165) is 5.56 Å². The maximum Gasteiger partial charge on any atom is 0.277 e. The van der Waals surface area contributed by atoms with Gasteiger partial charge in [0.25, 0.3) is 5.22 Å². The van der Waals surface area contributed by atoms with Crippen LogP contribution in [-0.4, -0.2) is 21.9 Å². The van der Waals surface area contributed by atoms with Gasteiger partial charge in [0, 0.05) is 18.0 Å². The molecule has 1 amide bonds. The Bertz CT molecular complexity index is 868. The van der Waals surface area contributed by atoms with Crippen LogP contribution in [-0.2, 0) is 17.8 Å². The van der Waals surface area contributed by atoms with Gasteiger partial charge in [-0.25, -0.2) is 0 Å². The number of nitrogens with zero attached hydrogens (tertiary/aromatic N) is 2. The van der Waals surface area contributed by atoms with Crippen LogP contribution in [0.1, 0.15) is 29.9 Å². The number of hydrogen-bond donors (Lipinski definition) is 1. The van der Waals surface area contributed by atoms with E-state index in [9.17, 15) is 4.79 Å². The zero-order valence-electron chi connectivity index (χ0n) is 14.9. The van der Waals surface area contributed by atoms with Gasteiger partial charge in [0.15, 0.2) is 0 Å². The number of hydrogen-bond acceptors (Lipinski definition) is 5. The summed E-state index contributed by atoms with van der Waals surface area (Å²) in [6, 6.07) is 17.6. The van der Waals surface area contributed by atoms with E-state index in [4.69, 9.17) is 16.0 Å². The summed E-state index contributed by atoms with van der Waals surface area (Å²) in [6.45, 7) is 2.58. The fraction of sp³-hybridized carbons (Fsp3) is 0.250. The van der Waals surface area contributed by atoms with Gasteiger partial charge in [-0.3, -0.25) is 4.79 Å². The lowest BCUT2D eigenvalue weighted by molar-refractivity contribution is -0.118. The van der Waals surface area contributed by atoms with E-state index >= 15 is 0 Å². The van der Waals surface area contributed by atoms with Crippen molar-refractivity contribution in [3.05, 3.63) is 76.6 Å². The van der Waals surface area contributed by atoms with Crippen LogP contribution in [0.3, 0.4) is 0 Å². The molecule has 5 nitrogen and oxygen atoms in total. The van der Waals surface area contributed by atoms with Crippen molar-refractivity contribution in [1.82, 2.24) is 15.5 Å². The molecule has 0 fully saturated rings. The van der Waals surface area contributed by atoms with Gasteiger partial charge in [0.2, 0.25) is 11.8 Å². The molecule has 1 heterocycles. The lowest BCUT2D eigenvalue weighted by Gasteiger charge is -2.08. The Morgan fingerprint density at radius 2 is 1.89 bits per heavy atom. The summed E-state index contributed by atoms with van der Waals surface area (Å²) in [5.41, 5.74) is 2.22. The number of amides is 1. The van der Waals surface area contributed by atoms with Crippen LogP contribution in [0, 0.1) is 0 Å². The van der Waals surface area contributed by atoms with E-state index < -0.39 is 0 Å². The SMILES string of the molecule is CC(Cc1nnc(SCC(=O)NCc2ccc(Cl)cc2)o1)c1ccccc1. The van der Waals surface area contributed by atoms with Gasteiger partial charge >= 0.3 is 0 Å². The summed E-state index contributed by atoms with van der Waals surface area (Å²) in [5.74, 6) is 0.999. The third-order valence-corrected chi connectivity index (χ3v) is 5.10. The molecule has 0 aliphatic rings. The standard InChI is InChI=1S/C20H20ClN3O2S/c1-14(16-5-3-2-4-6-16)11-19-23-24-20(26-19)27-13-18(25)22-12-15-7-9-17(21)10-8-15/h2-10,14H,11-13H2,1H3,(H,22,25). The van der Waals surface area contributed by atoms with E-state index in [1.165, 1.54) is 17.3 Å². The molecule has 1 atom stereocenters. The first-order valence-electron chi connectivity index (χ1n) is 8.61. The number of nitrogens with one attached hydrogen (secondary N) is 1. The number of aromatic nitrogens is 2. The molecule has 7 heteroatoms. The molecule has 0 saturated heterocycles. The number of carbonyl (C=O) groups is 1. The molecule has 0 spiro atoms. The van der Waals surface area contributed by atoms with Crippen LogP contribution < -0.4 is 5.32 Å². The van der Waals surface area contributed by atoms with Crippen molar-refractivity contribution in [2.45, 2.75) is 31.0 Å². The quantitative estimate of drug-likeness (QED) is 0.563. The normalized spacial score (nSPS) is 11.9. The molecule has 1 unspecified atom stereocenters. The second-order valence-corrected chi connectivity index (χ2v) is 7.53. The molecule has 140 valence electrons. The van der Waals surface area contributed by atoms with Gasteiger partial charge in [0.1, 0.15) is 0 Å². The average Bonchev–Trinajstić information content (AvgIpc) is 3.14. The topological polar surface area (TPSA) is 68.0 Å². The number of rotatable bonds is 8. The zero-order valence-corrected chi connectivity index (χ0v) is 16.5. The maximum absolute atomic E-state index is 12.0. The summed E-state index contributed by atoms with van der Waals surface area (Å²) in [7, 11) is 0. The molecule has 27 heavy (non-hydrogen) atoms. The first-order chi connectivity index (χ1) is 13.1. The molecule has 1 aromatic heterocycles. The van der Waals surface area contributed by atoms with Crippen molar-refractivity contribution >= 4 is 29.3 Å². The minimum absolute atomic E-state index is 0.0904. The number of thioether (sulfide) groups is 1. The van der Waals surface area contributed by atoms with Crippen LogP contribution in [0.2, 0.25) is 5.02 Å². The lowest BCUT2D eigenvalue weighted by atomic mass is 9.98. The fourth-order valence-corrected chi connectivity index (χ4v) is 3.26. The second kappa shape index (κ2) is 9.58. The van der Waals surface area contributed by atoms with Crippen LogP contribution >= 0.6 is 23.4 Å². The third-order valence-electron chi connectivity index (χ3n) is 4.03. The molecular formula is C20H20ClN3O2S. The highest BCUT2D eigenvalue weighted by Gasteiger charge is 2.13. The van der Waals surface area contributed by atoms with Crippen LogP contribution in [0.25, 0.3) is 0 Å². The molecule has 0 radical (unpaired) electrons. The van der Waals surface area contributed by atoms with Crippen molar-refractivity contribution in [3.8, 4) is 0 Å². The van der Waals surface area contributed by atoms with Crippen molar-refractivity contribution in [1.29, 1.82) is 0 Å². The van der Waals surface area contributed by atoms with Crippen molar-refractivity contribution < 1.29 is 9.21 Å². The predicted octanol–water partition coefficient (Wildman–Crippen LogP) is 4.48. The Labute approximate surface area is 167 Å². The Hall–Kier alpha value is -2.31. The fourth-order valence-electron chi connectivity index (χ4n) is 2.52. The predicted molar refractivity (Wildman–Crippen MR) is 107 cm³/mol. The summed E-state index contributed by atoms with van der Waals surface area (Å²) < 4.78 is 5.65. The molecule has 1 N–H and O–H groups in total. The smallest absolute Gasteiger partial charge is 0.277 e. The van der Waals surface area contributed by atoms with E-state index in [-0.39, 0.29) is 17.6 Å². The molecule has 3 aromatic rings. The van der Waals surface area contributed by atoms with Gasteiger partial charge in [0.05, 0.1) is 5.75 Å². The molecule has 0 aliphatic carbocycles. The molecule has 3 rings (SSSR count). The lowest BCUT2D eigenvalue weighted by Crippen LogP contribution is -2.24. The van der Waals surface area contributed by atoms with Crippen molar-refractivity contribution in [2.24, 2.45) is 0 Å². The van der Waals surface area contributed by atoms with Gasteiger partial charge in [-0.15, -0.1) is 10.2 Å². The van der Waals surface area contributed by atoms with Crippen molar-refractivity contribution in [3.63, 3.8) is 0 Å². The number of carbonyl (C=O) groups excluding carboxylic acids is 1. The number of benzene rings is 2. The average molecular weight is 402 g/mol. The largest absolute Gasteiger partial charge is 0.416 e. The minimum atomic E-state index is -0.0904. The summed E-state index contributed by atoms with van der Waals surface area (Å²) >= 11 is 7.08. The van der Waals surface area contributed by atoms with Crippen LogP contribution in [0.15, 0.2) is 64.2 Å². The van der Waals surface area contributed by atoms with E-state index in [2.05, 4.69) is 34.6 Å². The zero-order chi connectivity index (χ0) is 19.1. The van der Waals surface area contributed by atoms with Gasteiger partial charge in [-0.1, -0.05) is 72.8 Å². The third kappa shape index (κ3) is 6.12. The Morgan fingerprint density at radius 1 is 1.15 bits per heavy atom. The van der Waals surface area contributed by atoms with Crippen LogP contribution in [0.5, 0.6) is 0 Å². The Kier molecular flexibility index (Phi) is 6.90. The van der Waals surface area contributed by atoms with Crippen molar-refractivity contribution in [2.75, 3.05) is 5.75 Å². The summed E-state index contributed by atoms with van der Waals surface area (Å²) in [6.07, 6.45) is 0.667. The Balaban J connectivity index is 1.43. The number of halogens is 1. The molecule has 0 saturated carbocycles. The van der Waals surface area contributed by atoms with Gasteiger partial charge in [-0.2, -0.15) is 0 Å².